The number of hydrogen-bond donors (Lipinski definition) is 0. The van der Waals surface area contributed by atoms with Crippen LogP contribution in [0.4, 0.5) is 0 Å². The van der Waals surface area contributed by atoms with Crippen LogP contribution in [0.25, 0.3) is 12.2 Å². The number of hydrogen-bond acceptors (Lipinski definition) is 4. The first-order valence-electron chi connectivity index (χ1n) is 7.35. The second-order valence-electron chi connectivity index (χ2n) is 5.81. The highest BCUT2D eigenvalue weighted by Crippen LogP contribution is 2.39. The summed E-state index contributed by atoms with van der Waals surface area (Å²) in [6.07, 6.45) is 7.33. The summed E-state index contributed by atoms with van der Waals surface area (Å²) in [5.41, 5.74) is 0.902. The fraction of sp³-hybridized carbons (Fsp3) is 0.211. The zero-order valence-electron chi connectivity index (χ0n) is 13.3. The molecule has 0 unspecified atom stereocenters. The molecule has 0 bridgehead atoms. The van der Waals surface area contributed by atoms with Gasteiger partial charge in [-0.2, -0.15) is 0 Å². The number of rotatable bonds is 4. The number of allylic oxidation sites excluding steroid dienone is 1. The lowest BCUT2D eigenvalue weighted by Gasteiger charge is -2.29. The zero-order valence-corrected chi connectivity index (χ0v) is 14.1. The molecule has 0 saturated heterocycles. The molecule has 0 N–H and O–H groups in total. The number of fused-ring (bicyclic) bond motifs is 1. The van der Waals surface area contributed by atoms with E-state index in [4.69, 9.17) is 9.47 Å². The summed E-state index contributed by atoms with van der Waals surface area (Å²) in [6, 6.07) is 7.49. The maximum Gasteiger partial charge on any atom is 0.189 e. The van der Waals surface area contributed by atoms with Gasteiger partial charge < -0.3 is 9.47 Å². The van der Waals surface area contributed by atoms with Gasteiger partial charge in [-0.25, -0.2) is 0 Å². The number of thiophene rings is 1. The van der Waals surface area contributed by atoms with Gasteiger partial charge in [0.05, 0.1) is 18.2 Å². The molecule has 0 spiro atoms. The normalized spacial score (nSPS) is 15.3. The van der Waals surface area contributed by atoms with Crippen LogP contribution in [0.3, 0.4) is 0 Å². The minimum atomic E-state index is -0.453. The van der Waals surface area contributed by atoms with E-state index in [0.717, 1.165) is 10.4 Å². The SMILES string of the molecule is COc1ccc(C(=O)/C=C/c2cccs2)c2c1C=CC(C)(C)O2. The summed E-state index contributed by atoms with van der Waals surface area (Å²) < 4.78 is 11.4. The van der Waals surface area contributed by atoms with Crippen molar-refractivity contribution in [2.24, 2.45) is 0 Å². The van der Waals surface area contributed by atoms with Gasteiger partial charge in [0, 0.05) is 4.88 Å². The summed E-state index contributed by atoms with van der Waals surface area (Å²) in [5.74, 6) is 1.20. The molecule has 23 heavy (non-hydrogen) atoms. The summed E-state index contributed by atoms with van der Waals surface area (Å²) in [5, 5.41) is 1.98. The molecule has 0 radical (unpaired) electrons. The third kappa shape index (κ3) is 3.22. The fourth-order valence-electron chi connectivity index (χ4n) is 2.44. The van der Waals surface area contributed by atoms with Crippen molar-refractivity contribution in [3.8, 4) is 11.5 Å². The molecule has 118 valence electrons. The van der Waals surface area contributed by atoms with Crippen LogP contribution in [-0.4, -0.2) is 18.5 Å². The summed E-state index contributed by atoms with van der Waals surface area (Å²) >= 11 is 1.59. The zero-order chi connectivity index (χ0) is 16.4. The van der Waals surface area contributed by atoms with E-state index in [0.29, 0.717) is 17.1 Å². The molecule has 2 heterocycles. The Morgan fingerprint density at radius 1 is 1.30 bits per heavy atom. The average Bonchev–Trinajstić information content (AvgIpc) is 3.04. The minimum Gasteiger partial charge on any atom is -0.496 e. The highest BCUT2D eigenvalue weighted by molar-refractivity contribution is 7.10. The summed E-state index contributed by atoms with van der Waals surface area (Å²) in [7, 11) is 1.61. The first-order chi connectivity index (χ1) is 11.0. The van der Waals surface area contributed by atoms with Gasteiger partial charge in [0.25, 0.3) is 0 Å². The Balaban J connectivity index is 2.00. The van der Waals surface area contributed by atoms with Crippen LogP contribution in [0, 0.1) is 0 Å². The topological polar surface area (TPSA) is 35.5 Å². The quantitative estimate of drug-likeness (QED) is 0.596. The van der Waals surface area contributed by atoms with E-state index in [1.807, 2.05) is 49.6 Å². The van der Waals surface area contributed by atoms with Crippen LogP contribution in [0.2, 0.25) is 0 Å². The third-order valence-corrected chi connectivity index (χ3v) is 4.44. The third-order valence-electron chi connectivity index (χ3n) is 3.60. The van der Waals surface area contributed by atoms with Gasteiger partial charge in [0.1, 0.15) is 17.1 Å². The highest BCUT2D eigenvalue weighted by Gasteiger charge is 2.27. The van der Waals surface area contributed by atoms with E-state index in [1.54, 1.807) is 36.7 Å². The van der Waals surface area contributed by atoms with Crippen molar-refractivity contribution in [1.82, 2.24) is 0 Å². The molecule has 4 heteroatoms. The first-order valence-corrected chi connectivity index (χ1v) is 8.23. The standard InChI is InChI=1S/C19H18O3S/c1-19(2)11-10-15-17(21-3)9-7-14(18(15)22-19)16(20)8-6-13-5-4-12-23-13/h4-12H,1-3H3/b8-6+. The Hall–Kier alpha value is -2.33. The van der Waals surface area contributed by atoms with Crippen molar-refractivity contribution in [2.45, 2.75) is 19.4 Å². The molecule has 1 aliphatic heterocycles. The first kappa shape index (κ1) is 15.6. The van der Waals surface area contributed by atoms with Gasteiger partial charge in [0.2, 0.25) is 0 Å². The van der Waals surface area contributed by atoms with E-state index in [9.17, 15) is 4.79 Å². The predicted octanol–water partition coefficient (Wildman–Crippen LogP) is 4.84. The Labute approximate surface area is 139 Å². The number of ether oxygens (including phenoxy) is 2. The van der Waals surface area contributed by atoms with Crippen molar-refractivity contribution in [3.63, 3.8) is 0 Å². The van der Waals surface area contributed by atoms with Crippen LogP contribution in [0.5, 0.6) is 11.5 Å². The van der Waals surface area contributed by atoms with Crippen LogP contribution < -0.4 is 9.47 Å². The van der Waals surface area contributed by atoms with Crippen LogP contribution >= 0.6 is 11.3 Å². The summed E-state index contributed by atoms with van der Waals surface area (Å²) in [4.78, 5) is 13.6. The van der Waals surface area contributed by atoms with Gasteiger partial charge in [0.15, 0.2) is 5.78 Å². The highest BCUT2D eigenvalue weighted by atomic mass is 32.1. The van der Waals surface area contributed by atoms with E-state index in [1.165, 1.54) is 0 Å². The fourth-order valence-corrected chi connectivity index (χ4v) is 3.05. The number of ketones is 1. The molecule has 2 aromatic rings. The smallest absolute Gasteiger partial charge is 0.189 e. The number of methoxy groups -OCH3 is 1. The molecule has 0 saturated carbocycles. The number of carbonyl (C=O) groups excluding carboxylic acids is 1. The molecular weight excluding hydrogens is 308 g/mol. The van der Waals surface area contributed by atoms with Crippen molar-refractivity contribution in [1.29, 1.82) is 0 Å². The minimum absolute atomic E-state index is 0.0802. The molecule has 0 atom stereocenters. The lowest BCUT2D eigenvalue weighted by atomic mass is 9.97. The molecule has 0 fully saturated rings. The molecule has 0 amide bonds. The van der Waals surface area contributed by atoms with Crippen molar-refractivity contribution >= 4 is 29.3 Å². The van der Waals surface area contributed by atoms with Gasteiger partial charge in [-0.3, -0.25) is 4.79 Å². The van der Waals surface area contributed by atoms with Gasteiger partial charge in [-0.15, -0.1) is 11.3 Å². The maximum absolute atomic E-state index is 12.6. The van der Waals surface area contributed by atoms with Crippen LogP contribution in [0.1, 0.15) is 34.6 Å². The molecule has 1 aromatic carbocycles. The largest absolute Gasteiger partial charge is 0.496 e. The Bertz CT molecular complexity index is 783. The lowest BCUT2D eigenvalue weighted by molar-refractivity contribution is 0.103. The Morgan fingerprint density at radius 3 is 2.83 bits per heavy atom. The molecular formula is C19H18O3S. The average molecular weight is 326 g/mol. The second kappa shape index (κ2) is 6.05. The van der Waals surface area contributed by atoms with Gasteiger partial charge in [-0.05, 0) is 61.7 Å². The lowest BCUT2D eigenvalue weighted by Crippen LogP contribution is -2.28. The predicted molar refractivity (Wildman–Crippen MR) is 94.4 cm³/mol. The molecule has 1 aromatic heterocycles. The van der Waals surface area contributed by atoms with E-state index >= 15 is 0 Å². The van der Waals surface area contributed by atoms with Gasteiger partial charge in [-0.1, -0.05) is 6.07 Å². The van der Waals surface area contributed by atoms with Crippen LogP contribution in [-0.2, 0) is 0 Å². The van der Waals surface area contributed by atoms with E-state index in [-0.39, 0.29) is 5.78 Å². The number of carbonyl (C=O) groups is 1. The maximum atomic E-state index is 12.6. The monoisotopic (exact) mass is 326 g/mol. The van der Waals surface area contributed by atoms with Gasteiger partial charge >= 0.3 is 0 Å². The molecule has 3 nitrogen and oxygen atoms in total. The molecule has 3 rings (SSSR count). The Morgan fingerprint density at radius 2 is 2.13 bits per heavy atom. The Kier molecular flexibility index (Phi) is 4.09. The number of benzene rings is 1. The van der Waals surface area contributed by atoms with Crippen molar-refractivity contribution in [3.05, 3.63) is 57.8 Å². The van der Waals surface area contributed by atoms with Crippen molar-refractivity contribution in [2.75, 3.05) is 7.11 Å². The van der Waals surface area contributed by atoms with Crippen LogP contribution in [0.15, 0.2) is 41.8 Å². The second-order valence-corrected chi connectivity index (χ2v) is 6.79. The van der Waals surface area contributed by atoms with E-state index < -0.39 is 5.60 Å². The summed E-state index contributed by atoms with van der Waals surface area (Å²) in [6.45, 7) is 3.92. The van der Waals surface area contributed by atoms with Crippen molar-refractivity contribution < 1.29 is 14.3 Å². The molecule has 1 aliphatic rings. The van der Waals surface area contributed by atoms with E-state index in [2.05, 4.69) is 0 Å². The molecule has 0 aliphatic carbocycles.